The van der Waals surface area contributed by atoms with Crippen LogP contribution in [0.5, 0.6) is 0 Å². The third-order valence-electron chi connectivity index (χ3n) is 2.41. The summed E-state index contributed by atoms with van der Waals surface area (Å²) in [4.78, 5) is 22.6. The maximum atomic E-state index is 13.4. The van der Waals surface area contributed by atoms with E-state index < -0.39 is 35.1 Å². The van der Waals surface area contributed by atoms with Crippen LogP contribution in [0.15, 0.2) is 18.2 Å². The van der Waals surface area contributed by atoms with Crippen LogP contribution in [0, 0.1) is 11.6 Å². The van der Waals surface area contributed by atoms with Crippen LogP contribution >= 0.6 is 11.8 Å². The molecule has 0 aliphatic heterocycles. The van der Waals surface area contributed by atoms with Crippen molar-refractivity contribution >= 4 is 23.6 Å². The topological polar surface area (TPSA) is 66.4 Å². The maximum Gasteiger partial charge on any atom is 0.326 e. The van der Waals surface area contributed by atoms with Gasteiger partial charge in [0.1, 0.15) is 6.04 Å². The SMILES string of the molecule is CSCC[C@H](NC(=O)c1cccc(F)c1F)C(=O)O. The van der Waals surface area contributed by atoms with Crippen molar-refractivity contribution in [1.29, 1.82) is 0 Å². The highest BCUT2D eigenvalue weighted by Gasteiger charge is 2.22. The first kappa shape index (κ1) is 15.4. The van der Waals surface area contributed by atoms with E-state index in [1.807, 2.05) is 0 Å². The molecule has 7 heteroatoms. The summed E-state index contributed by atoms with van der Waals surface area (Å²) in [7, 11) is 0. The van der Waals surface area contributed by atoms with Crippen LogP contribution in [0.25, 0.3) is 0 Å². The molecule has 1 aromatic carbocycles. The monoisotopic (exact) mass is 289 g/mol. The van der Waals surface area contributed by atoms with E-state index in [0.717, 1.165) is 12.1 Å². The molecule has 0 fully saturated rings. The summed E-state index contributed by atoms with van der Waals surface area (Å²) in [5.74, 6) is -4.05. The number of hydrogen-bond donors (Lipinski definition) is 2. The Kier molecular flexibility index (Phi) is 5.75. The Hall–Kier alpha value is -1.63. The lowest BCUT2D eigenvalue weighted by Crippen LogP contribution is -2.41. The molecule has 0 saturated heterocycles. The molecule has 104 valence electrons. The van der Waals surface area contributed by atoms with E-state index >= 15 is 0 Å². The molecule has 1 rings (SSSR count). The zero-order chi connectivity index (χ0) is 14.4. The van der Waals surface area contributed by atoms with Crippen LogP contribution in [0.1, 0.15) is 16.8 Å². The Morgan fingerprint density at radius 2 is 2.11 bits per heavy atom. The molecule has 1 aromatic rings. The maximum absolute atomic E-state index is 13.4. The summed E-state index contributed by atoms with van der Waals surface area (Å²) in [6, 6.07) is 2.04. The summed E-state index contributed by atoms with van der Waals surface area (Å²) in [6.07, 6.45) is 2.01. The molecule has 0 aliphatic rings. The molecule has 0 radical (unpaired) electrons. The summed E-state index contributed by atoms with van der Waals surface area (Å²) >= 11 is 1.43. The molecule has 0 heterocycles. The minimum absolute atomic E-state index is 0.208. The fraction of sp³-hybridized carbons (Fsp3) is 0.333. The van der Waals surface area contributed by atoms with Gasteiger partial charge in [0.25, 0.3) is 5.91 Å². The number of hydrogen-bond acceptors (Lipinski definition) is 3. The van der Waals surface area contributed by atoms with Crippen molar-refractivity contribution in [2.75, 3.05) is 12.0 Å². The van der Waals surface area contributed by atoms with E-state index in [0.29, 0.717) is 5.75 Å². The molecular formula is C12H13F2NO3S. The van der Waals surface area contributed by atoms with Crippen LogP contribution in [0.2, 0.25) is 0 Å². The van der Waals surface area contributed by atoms with Gasteiger partial charge in [0, 0.05) is 0 Å². The highest BCUT2D eigenvalue weighted by Crippen LogP contribution is 2.12. The van der Waals surface area contributed by atoms with Gasteiger partial charge in [-0.15, -0.1) is 0 Å². The molecule has 0 unspecified atom stereocenters. The Balaban J connectivity index is 2.82. The Labute approximate surface area is 113 Å². The lowest BCUT2D eigenvalue weighted by atomic mass is 10.1. The van der Waals surface area contributed by atoms with E-state index in [2.05, 4.69) is 5.32 Å². The van der Waals surface area contributed by atoms with Crippen LogP contribution in [-0.4, -0.2) is 35.0 Å². The molecule has 4 nitrogen and oxygen atoms in total. The van der Waals surface area contributed by atoms with Gasteiger partial charge < -0.3 is 10.4 Å². The zero-order valence-corrected chi connectivity index (χ0v) is 11.0. The lowest BCUT2D eigenvalue weighted by molar-refractivity contribution is -0.139. The second-order valence-electron chi connectivity index (χ2n) is 3.75. The number of carboxylic acid groups (broad SMARTS) is 1. The first-order valence-corrected chi connectivity index (χ1v) is 6.83. The van der Waals surface area contributed by atoms with Gasteiger partial charge in [-0.2, -0.15) is 11.8 Å². The van der Waals surface area contributed by atoms with Crippen molar-refractivity contribution in [2.45, 2.75) is 12.5 Å². The fourth-order valence-corrected chi connectivity index (χ4v) is 1.88. The molecule has 0 bridgehead atoms. The third kappa shape index (κ3) is 4.20. The van der Waals surface area contributed by atoms with Gasteiger partial charge in [-0.1, -0.05) is 6.07 Å². The van der Waals surface area contributed by atoms with Crippen molar-refractivity contribution in [3.8, 4) is 0 Å². The zero-order valence-electron chi connectivity index (χ0n) is 10.2. The first-order chi connectivity index (χ1) is 8.97. The van der Waals surface area contributed by atoms with Crippen LogP contribution in [0.3, 0.4) is 0 Å². The summed E-state index contributed by atoms with van der Waals surface area (Å²) in [5.41, 5.74) is -0.504. The average Bonchev–Trinajstić information content (AvgIpc) is 2.37. The molecule has 1 amide bonds. The Bertz CT molecular complexity index is 482. The van der Waals surface area contributed by atoms with E-state index in [1.54, 1.807) is 6.26 Å². The van der Waals surface area contributed by atoms with Gasteiger partial charge >= 0.3 is 5.97 Å². The molecule has 2 N–H and O–H groups in total. The van der Waals surface area contributed by atoms with Crippen molar-refractivity contribution < 1.29 is 23.5 Å². The fourth-order valence-electron chi connectivity index (χ4n) is 1.41. The minimum atomic E-state index is -1.28. The molecular weight excluding hydrogens is 276 g/mol. The second kappa shape index (κ2) is 7.08. The quantitative estimate of drug-likeness (QED) is 0.839. The number of carbonyl (C=O) groups excluding carboxylic acids is 1. The van der Waals surface area contributed by atoms with Crippen molar-refractivity contribution in [3.05, 3.63) is 35.4 Å². The van der Waals surface area contributed by atoms with E-state index in [1.165, 1.54) is 17.8 Å². The number of carbonyl (C=O) groups is 2. The number of nitrogens with one attached hydrogen (secondary N) is 1. The Morgan fingerprint density at radius 1 is 1.42 bits per heavy atom. The van der Waals surface area contributed by atoms with Crippen LogP contribution in [-0.2, 0) is 4.79 Å². The standard InChI is InChI=1S/C12H13F2NO3S/c1-19-6-5-9(12(17)18)15-11(16)7-3-2-4-8(13)10(7)14/h2-4,9H,5-6H2,1H3,(H,15,16)(H,17,18)/t9-/m0/s1. The number of halogens is 2. The number of thioether (sulfide) groups is 1. The molecule has 0 saturated carbocycles. The van der Waals surface area contributed by atoms with Crippen molar-refractivity contribution in [1.82, 2.24) is 5.32 Å². The number of benzene rings is 1. The molecule has 0 aromatic heterocycles. The minimum Gasteiger partial charge on any atom is -0.480 e. The van der Waals surface area contributed by atoms with E-state index in [-0.39, 0.29) is 6.42 Å². The predicted molar refractivity (Wildman–Crippen MR) is 68.2 cm³/mol. The summed E-state index contributed by atoms with van der Waals surface area (Å²) < 4.78 is 26.3. The molecule has 0 spiro atoms. The highest BCUT2D eigenvalue weighted by molar-refractivity contribution is 7.98. The van der Waals surface area contributed by atoms with Crippen molar-refractivity contribution in [2.24, 2.45) is 0 Å². The number of rotatable bonds is 6. The smallest absolute Gasteiger partial charge is 0.326 e. The number of carboxylic acids is 1. The summed E-state index contributed by atoms with van der Waals surface area (Å²) in [6.45, 7) is 0. The lowest BCUT2D eigenvalue weighted by Gasteiger charge is -2.14. The molecule has 1 atom stereocenters. The number of amides is 1. The largest absolute Gasteiger partial charge is 0.480 e. The molecule has 19 heavy (non-hydrogen) atoms. The van der Waals surface area contributed by atoms with E-state index in [4.69, 9.17) is 5.11 Å². The first-order valence-electron chi connectivity index (χ1n) is 5.44. The van der Waals surface area contributed by atoms with E-state index in [9.17, 15) is 18.4 Å². The highest BCUT2D eigenvalue weighted by atomic mass is 32.2. The molecule has 0 aliphatic carbocycles. The summed E-state index contributed by atoms with van der Waals surface area (Å²) in [5, 5.41) is 11.1. The van der Waals surface area contributed by atoms with Gasteiger partial charge in [0.15, 0.2) is 11.6 Å². The Morgan fingerprint density at radius 3 is 2.68 bits per heavy atom. The van der Waals surface area contributed by atoms with Gasteiger partial charge in [-0.05, 0) is 30.6 Å². The predicted octanol–water partition coefficient (Wildman–Crippen LogP) is 1.90. The van der Waals surface area contributed by atoms with Crippen LogP contribution in [0.4, 0.5) is 8.78 Å². The second-order valence-corrected chi connectivity index (χ2v) is 4.73. The average molecular weight is 289 g/mol. The van der Waals surface area contributed by atoms with Crippen molar-refractivity contribution in [3.63, 3.8) is 0 Å². The van der Waals surface area contributed by atoms with Gasteiger partial charge in [-0.25, -0.2) is 13.6 Å². The van der Waals surface area contributed by atoms with Crippen LogP contribution < -0.4 is 5.32 Å². The van der Waals surface area contributed by atoms with Gasteiger partial charge in [-0.3, -0.25) is 4.79 Å². The normalized spacial score (nSPS) is 11.9. The van der Waals surface area contributed by atoms with Gasteiger partial charge in [0.05, 0.1) is 5.56 Å². The van der Waals surface area contributed by atoms with Gasteiger partial charge in [0.2, 0.25) is 0 Å². The number of aliphatic carboxylic acids is 1. The third-order valence-corrected chi connectivity index (χ3v) is 3.05.